The third kappa shape index (κ3) is 3.96. The van der Waals surface area contributed by atoms with E-state index in [-0.39, 0.29) is 35.0 Å². The van der Waals surface area contributed by atoms with Gasteiger partial charge in [0.1, 0.15) is 16.8 Å². The van der Waals surface area contributed by atoms with Crippen LogP contribution in [0.1, 0.15) is 24.8 Å². The van der Waals surface area contributed by atoms with Crippen molar-refractivity contribution in [1.82, 2.24) is 4.90 Å². The number of fused-ring (bicyclic) bond motifs is 1. The molecule has 2 N–H and O–H groups in total. The first-order valence-corrected chi connectivity index (χ1v) is 10.3. The number of nitrogens with zero attached hydrogens (tertiary/aromatic N) is 2. The molecule has 0 aromatic heterocycles. The van der Waals surface area contributed by atoms with Gasteiger partial charge in [-0.25, -0.2) is 4.79 Å². The van der Waals surface area contributed by atoms with Crippen molar-refractivity contribution in [2.24, 2.45) is 5.73 Å². The second-order valence-corrected chi connectivity index (χ2v) is 7.81. The molecule has 2 unspecified atom stereocenters. The van der Waals surface area contributed by atoms with Gasteiger partial charge in [-0.1, -0.05) is 23.9 Å². The number of hydrogen-bond donors (Lipinski definition) is 1. The van der Waals surface area contributed by atoms with Crippen molar-refractivity contribution in [2.75, 3.05) is 20.8 Å². The van der Waals surface area contributed by atoms with Gasteiger partial charge in [0, 0.05) is 0 Å². The van der Waals surface area contributed by atoms with Crippen LogP contribution in [0.25, 0.3) is 0 Å². The summed E-state index contributed by atoms with van der Waals surface area (Å²) >= 11 is 1.04. The van der Waals surface area contributed by atoms with Gasteiger partial charge >= 0.3 is 11.9 Å². The van der Waals surface area contributed by atoms with Crippen molar-refractivity contribution in [2.45, 2.75) is 24.5 Å². The van der Waals surface area contributed by atoms with Gasteiger partial charge in [0.25, 0.3) is 0 Å². The van der Waals surface area contributed by atoms with E-state index in [4.69, 9.17) is 15.2 Å². The number of benzene rings is 1. The minimum atomic E-state index is -0.835. The molecule has 2 heterocycles. The van der Waals surface area contributed by atoms with Crippen molar-refractivity contribution >= 4 is 29.6 Å². The van der Waals surface area contributed by atoms with Crippen molar-refractivity contribution in [3.8, 4) is 11.8 Å². The fraction of sp³-hybridized carbons (Fsp3) is 0.333. The zero-order valence-electron chi connectivity index (χ0n) is 17.2. The molecule has 1 aromatic rings. The summed E-state index contributed by atoms with van der Waals surface area (Å²) in [6.45, 7) is 1.77. The molecule has 1 fully saturated rings. The summed E-state index contributed by atoms with van der Waals surface area (Å²) in [5.74, 6) is -2.04. The van der Waals surface area contributed by atoms with Crippen LogP contribution < -0.4 is 10.5 Å². The number of esters is 2. The molecule has 0 bridgehead atoms. The number of carbonyl (C=O) groups excluding carboxylic acids is 3. The maximum absolute atomic E-state index is 13.0. The molecule has 0 spiro atoms. The molecule has 2 aliphatic heterocycles. The van der Waals surface area contributed by atoms with Gasteiger partial charge in [-0.3, -0.25) is 14.5 Å². The second kappa shape index (κ2) is 9.14. The lowest BCUT2D eigenvalue weighted by atomic mass is 9.83. The predicted molar refractivity (Wildman–Crippen MR) is 111 cm³/mol. The van der Waals surface area contributed by atoms with Gasteiger partial charge in [-0.15, -0.1) is 0 Å². The van der Waals surface area contributed by atoms with Crippen LogP contribution in [0.3, 0.4) is 0 Å². The Balaban J connectivity index is 2.19. The molecule has 0 aliphatic carbocycles. The number of allylic oxidation sites excluding steroid dienone is 1. The Hall–Kier alpha value is -3.45. The number of ether oxygens (including phenoxy) is 3. The summed E-state index contributed by atoms with van der Waals surface area (Å²) in [4.78, 5) is 38.9. The number of methoxy groups -OCH3 is 2. The maximum Gasteiger partial charge on any atom is 0.337 e. The molecule has 31 heavy (non-hydrogen) atoms. The SMILES string of the molecule is CCOC(=O)C1=C2SC(CC(=O)OC)C(=O)N2C(N)=C(C#N)C1c1ccc(OC)cc1. The molecule has 1 saturated heterocycles. The Morgan fingerprint density at radius 2 is 1.94 bits per heavy atom. The van der Waals surface area contributed by atoms with E-state index in [9.17, 15) is 19.6 Å². The van der Waals surface area contributed by atoms with Crippen LogP contribution >= 0.6 is 11.8 Å². The summed E-state index contributed by atoms with van der Waals surface area (Å²) < 4.78 is 15.1. The van der Waals surface area contributed by atoms with E-state index in [1.165, 1.54) is 14.2 Å². The Bertz CT molecular complexity index is 1020. The van der Waals surface area contributed by atoms with Crippen molar-refractivity contribution in [3.05, 3.63) is 51.8 Å². The molecular formula is C21H21N3O6S. The van der Waals surface area contributed by atoms with Gasteiger partial charge in [0.15, 0.2) is 0 Å². The van der Waals surface area contributed by atoms with Crippen LogP contribution in [0, 0.1) is 11.3 Å². The summed E-state index contributed by atoms with van der Waals surface area (Å²) in [6, 6.07) is 8.89. The highest BCUT2D eigenvalue weighted by molar-refractivity contribution is 8.04. The first kappa shape index (κ1) is 22.2. The lowest BCUT2D eigenvalue weighted by molar-refractivity contribution is -0.142. The zero-order chi connectivity index (χ0) is 22.7. The molecule has 2 aliphatic rings. The molecule has 0 saturated carbocycles. The quantitative estimate of drug-likeness (QED) is 0.653. The van der Waals surface area contributed by atoms with E-state index in [1.807, 2.05) is 6.07 Å². The fourth-order valence-electron chi connectivity index (χ4n) is 3.46. The minimum absolute atomic E-state index is 0.0460. The van der Waals surface area contributed by atoms with E-state index >= 15 is 0 Å². The average molecular weight is 443 g/mol. The van der Waals surface area contributed by atoms with Crippen LogP contribution in [0.2, 0.25) is 0 Å². The van der Waals surface area contributed by atoms with Crippen LogP contribution in [0.4, 0.5) is 0 Å². The maximum atomic E-state index is 13.0. The molecule has 9 nitrogen and oxygen atoms in total. The van der Waals surface area contributed by atoms with Crippen LogP contribution in [-0.4, -0.2) is 48.8 Å². The number of rotatable bonds is 6. The third-order valence-corrected chi connectivity index (χ3v) is 6.20. The average Bonchev–Trinajstić information content (AvgIpc) is 3.09. The molecule has 1 aromatic carbocycles. The van der Waals surface area contributed by atoms with Crippen molar-refractivity contribution < 1.29 is 28.6 Å². The highest BCUT2D eigenvalue weighted by Gasteiger charge is 2.49. The largest absolute Gasteiger partial charge is 0.497 e. The van der Waals surface area contributed by atoms with E-state index in [2.05, 4.69) is 4.74 Å². The highest BCUT2D eigenvalue weighted by atomic mass is 32.2. The summed E-state index contributed by atoms with van der Waals surface area (Å²) in [5, 5.41) is 9.30. The highest BCUT2D eigenvalue weighted by Crippen LogP contribution is 2.50. The van der Waals surface area contributed by atoms with Gasteiger partial charge in [0.2, 0.25) is 5.91 Å². The molecule has 3 rings (SSSR count). The predicted octanol–water partition coefficient (Wildman–Crippen LogP) is 1.77. The topological polar surface area (TPSA) is 132 Å². The molecule has 162 valence electrons. The van der Waals surface area contributed by atoms with Gasteiger partial charge in [0.05, 0.1) is 55.4 Å². The van der Waals surface area contributed by atoms with Crippen LogP contribution in [-0.2, 0) is 23.9 Å². The zero-order valence-corrected chi connectivity index (χ0v) is 18.0. The Labute approximate surface area is 183 Å². The lowest BCUT2D eigenvalue weighted by Crippen LogP contribution is -2.38. The standard InChI is InChI=1S/C21H21N3O6S/c1-4-30-21(27)17-16(11-5-7-12(28-2)8-6-11)13(10-22)18(23)24-19(26)14(31-20(17)24)9-15(25)29-3/h5-8,14,16H,4,9,23H2,1-3H3. The molecule has 0 radical (unpaired) electrons. The van der Waals surface area contributed by atoms with E-state index in [1.54, 1.807) is 31.2 Å². The molecule has 1 amide bonds. The van der Waals surface area contributed by atoms with E-state index in [0.717, 1.165) is 16.7 Å². The minimum Gasteiger partial charge on any atom is -0.497 e. The smallest absolute Gasteiger partial charge is 0.337 e. The Kier molecular flexibility index (Phi) is 6.56. The molecule has 2 atom stereocenters. The lowest BCUT2D eigenvalue weighted by Gasteiger charge is -2.31. The fourth-order valence-corrected chi connectivity index (χ4v) is 4.78. The molecule has 10 heteroatoms. The monoisotopic (exact) mass is 443 g/mol. The number of nitrogens with two attached hydrogens (primary N) is 1. The first-order valence-electron chi connectivity index (χ1n) is 9.40. The van der Waals surface area contributed by atoms with Gasteiger partial charge < -0.3 is 19.9 Å². The molecular weight excluding hydrogens is 422 g/mol. The normalized spacial score (nSPS) is 20.3. The number of carbonyl (C=O) groups is 3. The first-order chi connectivity index (χ1) is 14.9. The number of nitriles is 1. The summed E-state index contributed by atoms with van der Waals surface area (Å²) in [5.41, 5.74) is 7.02. The van der Waals surface area contributed by atoms with Gasteiger partial charge in [-0.05, 0) is 24.6 Å². The second-order valence-electron chi connectivity index (χ2n) is 6.62. The number of hydrogen-bond acceptors (Lipinski definition) is 9. The summed E-state index contributed by atoms with van der Waals surface area (Å²) in [6.07, 6.45) is -0.196. The van der Waals surface area contributed by atoms with Crippen LogP contribution in [0.5, 0.6) is 5.75 Å². The van der Waals surface area contributed by atoms with Crippen LogP contribution in [0.15, 0.2) is 46.3 Å². The van der Waals surface area contributed by atoms with E-state index in [0.29, 0.717) is 11.3 Å². The number of amides is 1. The number of thioether (sulfide) groups is 1. The Morgan fingerprint density at radius 1 is 1.26 bits per heavy atom. The van der Waals surface area contributed by atoms with Gasteiger partial charge in [-0.2, -0.15) is 5.26 Å². The Morgan fingerprint density at radius 3 is 2.48 bits per heavy atom. The van der Waals surface area contributed by atoms with Crippen molar-refractivity contribution in [1.29, 1.82) is 5.26 Å². The van der Waals surface area contributed by atoms with E-state index < -0.39 is 29.0 Å². The third-order valence-electron chi connectivity index (χ3n) is 4.92. The summed E-state index contributed by atoms with van der Waals surface area (Å²) in [7, 11) is 2.76. The van der Waals surface area contributed by atoms with Crippen molar-refractivity contribution in [3.63, 3.8) is 0 Å².